The van der Waals surface area contributed by atoms with E-state index in [0.29, 0.717) is 5.92 Å². The fourth-order valence-corrected chi connectivity index (χ4v) is 2.64. The van der Waals surface area contributed by atoms with E-state index in [2.05, 4.69) is 43.3 Å². The lowest BCUT2D eigenvalue weighted by Crippen LogP contribution is -2.28. The largest absolute Gasteiger partial charge is 0.342 e. The van der Waals surface area contributed by atoms with Crippen LogP contribution in [0.25, 0.3) is 11.0 Å². The Balaban J connectivity index is 1.97. The summed E-state index contributed by atoms with van der Waals surface area (Å²) in [7, 11) is 0. The number of aromatic amines is 1. The fraction of sp³-hybridized carbons (Fsp3) is 0.417. The van der Waals surface area contributed by atoms with Crippen LogP contribution in [0, 0.1) is 0 Å². The molecule has 3 rings (SSSR count). The summed E-state index contributed by atoms with van der Waals surface area (Å²) < 4.78 is 1.09. The SMILES string of the molecule is Brc1ccc2nc(C3CCCNC3)[nH]c2c1. The van der Waals surface area contributed by atoms with Crippen molar-refractivity contribution in [2.24, 2.45) is 0 Å². The number of halogens is 1. The smallest absolute Gasteiger partial charge is 0.111 e. The summed E-state index contributed by atoms with van der Waals surface area (Å²) in [5.41, 5.74) is 2.18. The second-order valence-electron chi connectivity index (χ2n) is 4.33. The lowest BCUT2D eigenvalue weighted by Gasteiger charge is -2.20. The van der Waals surface area contributed by atoms with E-state index >= 15 is 0 Å². The van der Waals surface area contributed by atoms with Gasteiger partial charge >= 0.3 is 0 Å². The first-order valence-corrected chi connectivity index (χ1v) is 6.48. The van der Waals surface area contributed by atoms with Gasteiger partial charge in [0.1, 0.15) is 5.82 Å². The van der Waals surface area contributed by atoms with Crippen molar-refractivity contribution in [3.8, 4) is 0 Å². The normalized spacial score (nSPS) is 21.4. The summed E-state index contributed by atoms with van der Waals surface area (Å²) in [5, 5.41) is 3.42. The molecule has 1 aliphatic rings. The van der Waals surface area contributed by atoms with Gasteiger partial charge in [0.05, 0.1) is 11.0 Å². The number of aromatic nitrogens is 2. The van der Waals surface area contributed by atoms with Gasteiger partial charge in [-0.1, -0.05) is 15.9 Å². The molecule has 2 heterocycles. The number of nitrogens with zero attached hydrogens (tertiary/aromatic N) is 1. The van der Waals surface area contributed by atoms with E-state index in [1.165, 1.54) is 12.8 Å². The Bertz CT molecular complexity index is 500. The molecule has 2 N–H and O–H groups in total. The number of imidazole rings is 1. The molecule has 4 heteroatoms. The summed E-state index contributed by atoms with van der Waals surface area (Å²) in [6, 6.07) is 6.17. The van der Waals surface area contributed by atoms with Crippen LogP contribution in [0.3, 0.4) is 0 Å². The van der Waals surface area contributed by atoms with Crippen LogP contribution in [0.15, 0.2) is 22.7 Å². The van der Waals surface area contributed by atoms with Crippen LogP contribution < -0.4 is 5.32 Å². The number of hydrogen-bond donors (Lipinski definition) is 2. The van der Waals surface area contributed by atoms with Crippen LogP contribution in [0.5, 0.6) is 0 Å². The first-order valence-electron chi connectivity index (χ1n) is 5.69. The predicted molar refractivity (Wildman–Crippen MR) is 68.6 cm³/mol. The molecule has 1 aliphatic heterocycles. The molecule has 16 heavy (non-hydrogen) atoms. The van der Waals surface area contributed by atoms with Gasteiger partial charge < -0.3 is 10.3 Å². The topological polar surface area (TPSA) is 40.7 Å². The Morgan fingerprint density at radius 2 is 2.31 bits per heavy atom. The van der Waals surface area contributed by atoms with Crippen LogP contribution in [0.4, 0.5) is 0 Å². The summed E-state index contributed by atoms with van der Waals surface area (Å²) in [6.45, 7) is 2.18. The molecular weight excluding hydrogens is 266 g/mol. The minimum Gasteiger partial charge on any atom is -0.342 e. The average Bonchev–Trinajstić information content (AvgIpc) is 2.73. The highest BCUT2D eigenvalue weighted by Crippen LogP contribution is 2.24. The van der Waals surface area contributed by atoms with Gasteiger partial charge in [0.15, 0.2) is 0 Å². The molecule has 3 nitrogen and oxygen atoms in total. The zero-order valence-corrected chi connectivity index (χ0v) is 10.5. The van der Waals surface area contributed by atoms with Gasteiger partial charge in [-0.25, -0.2) is 4.98 Å². The molecule has 2 aromatic rings. The molecule has 1 aromatic heterocycles. The molecule has 0 aliphatic carbocycles. The third-order valence-electron chi connectivity index (χ3n) is 3.15. The van der Waals surface area contributed by atoms with Crippen LogP contribution in [0.2, 0.25) is 0 Å². The monoisotopic (exact) mass is 279 g/mol. The molecular formula is C12H14BrN3. The van der Waals surface area contributed by atoms with Gasteiger partial charge in [0.25, 0.3) is 0 Å². The van der Waals surface area contributed by atoms with Gasteiger partial charge in [-0.2, -0.15) is 0 Å². The van der Waals surface area contributed by atoms with E-state index in [-0.39, 0.29) is 0 Å². The van der Waals surface area contributed by atoms with E-state index in [9.17, 15) is 0 Å². The number of benzene rings is 1. The van der Waals surface area contributed by atoms with E-state index in [0.717, 1.165) is 34.4 Å². The van der Waals surface area contributed by atoms with E-state index in [1.54, 1.807) is 0 Å². The van der Waals surface area contributed by atoms with Crippen molar-refractivity contribution < 1.29 is 0 Å². The Kier molecular flexibility index (Phi) is 2.69. The summed E-state index contributed by atoms with van der Waals surface area (Å²) in [4.78, 5) is 8.09. The quantitative estimate of drug-likeness (QED) is 0.843. The zero-order valence-electron chi connectivity index (χ0n) is 8.96. The van der Waals surface area contributed by atoms with Gasteiger partial charge in [-0.05, 0) is 37.6 Å². The first kappa shape index (κ1) is 10.3. The van der Waals surface area contributed by atoms with E-state index in [1.807, 2.05) is 6.07 Å². The molecule has 0 amide bonds. The van der Waals surface area contributed by atoms with Gasteiger partial charge in [-0.3, -0.25) is 0 Å². The molecule has 0 bridgehead atoms. The Hall–Kier alpha value is -0.870. The lowest BCUT2D eigenvalue weighted by atomic mass is 9.99. The second-order valence-corrected chi connectivity index (χ2v) is 5.24. The van der Waals surface area contributed by atoms with Crippen molar-refractivity contribution in [3.63, 3.8) is 0 Å². The molecule has 1 atom stereocenters. The minimum atomic E-state index is 0.542. The fourth-order valence-electron chi connectivity index (χ4n) is 2.28. The first-order chi connectivity index (χ1) is 7.83. The maximum Gasteiger partial charge on any atom is 0.111 e. The van der Waals surface area contributed by atoms with Crippen LogP contribution >= 0.6 is 15.9 Å². The average molecular weight is 280 g/mol. The van der Waals surface area contributed by atoms with Crippen molar-refractivity contribution >= 4 is 27.0 Å². The second kappa shape index (κ2) is 4.18. The Labute approximate surface area is 103 Å². The standard InChI is InChI=1S/C12H14BrN3/c13-9-3-4-10-11(6-9)16-12(15-10)8-2-1-5-14-7-8/h3-4,6,8,14H,1-2,5,7H2,(H,15,16). The van der Waals surface area contributed by atoms with Crippen molar-refractivity contribution in [1.82, 2.24) is 15.3 Å². The number of rotatable bonds is 1. The highest BCUT2D eigenvalue weighted by molar-refractivity contribution is 9.10. The molecule has 0 spiro atoms. The number of nitrogens with one attached hydrogen (secondary N) is 2. The number of fused-ring (bicyclic) bond motifs is 1. The molecule has 1 unspecified atom stereocenters. The summed E-state index contributed by atoms with van der Waals surface area (Å²) in [5.74, 6) is 1.67. The maximum atomic E-state index is 4.66. The summed E-state index contributed by atoms with van der Waals surface area (Å²) in [6.07, 6.45) is 2.47. The third-order valence-corrected chi connectivity index (χ3v) is 3.64. The minimum absolute atomic E-state index is 0.542. The molecule has 0 radical (unpaired) electrons. The van der Waals surface area contributed by atoms with E-state index in [4.69, 9.17) is 0 Å². The summed E-state index contributed by atoms with van der Waals surface area (Å²) >= 11 is 3.48. The van der Waals surface area contributed by atoms with Crippen LogP contribution in [-0.2, 0) is 0 Å². The van der Waals surface area contributed by atoms with Crippen molar-refractivity contribution in [2.75, 3.05) is 13.1 Å². The Morgan fingerprint density at radius 3 is 3.12 bits per heavy atom. The molecule has 1 fully saturated rings. The number of H-pyrrole nitrogens is 1. The predicted octanol–water partition coefficient (Wildman–Crippen LogP) is 2.79. The van der Waals surface area contributed by atoms with E-state index < -0.39 is 0 Å². The van der Waals surface area contributed by atoms with Crippen LogP contribution in [0.1, 0.15) is 24.6 Å². The molecule has 1 aromatic carbocycles. The number of piperidine rings is 1. The Morgan fingerprint density at radius 1 is 1.38 bits per heavy atom. The van der Waals surface area contributed by atoms with Gasteiger partial charge in [0.2, 0.25) is 0 Å². The van der Waals surface area contributed by atoms with Crippen molar-refractivity contribution in [3.05, 3.63) is 28.5 Å². The highest BCUT2D eigenvalue weighted by atomic mass is 79.9. The molecule has 84 valence electrons. The number of hydrogen-bond acceptors (Lipinski definition) is 2. The highest BCUT2D eigenvalue weighted by Gasteiger charge is 2.18. The van der Waals surface area contributed by atoms with Crippen LogP contribution in [-0.4, -0.2) is 23.1 Å². The third kappa shape index (κ3) is 1.87. The lowest BCUT2D eigenvalue weighted by molar-refractivity contribution is 0.449. The van der Waals surface area contributed by atoms with Gasteiger partial charge in [0, 0.05) is 16.9 Å². The zero-order chi connectivity index (χ0) is 11.0. The van der Waals surface area contributed by atoms with Gasteiger partial charge in [-0.15, -0.1) is 0 Å². The van der Waals surface area contributed by atoms with Crippen molar-refractivity contribution in [1.29, 1.82) is 0 Å². The molecule has 1 saturated heterocycles. The molecule has 0 saturated carbocycles. The van der Waals surface area contributed by atoms with Crippen molar-refractivity contribution in [2.45, 2.75) is 18.8 Å². The maximum absolute atomic E-state index is 4.66.